The monoisotopic (exact) mass is 267 g/mol. The van der Waals surface area contributed by atoms with Gasteiger partial charge in [-0.15, -0.1) is 0 Å². The standard InChI is InChI=1S/C13H18ClN3O/c1-9-8-17(2)7-6-10(9)16-13(18)11-4-3-5-12(14)15-11/h3-5,9-10H,6-8H2,1-2H3,(H,16,18). The van der Waals surface area contributed by atoms with Gasteiger partial charge in [0.15, 0.2) is 0 Å². The predicted octanol–water partition coefficient (Wildman–Crippen LogP) is 1.80. The molecule has 4 nitrogen and oxygen atoms in total. The second kappa shape index (κ2) is 5.67. The molecule has 2 unspecified atom stereocenters. The number of aromatic nitrogens is 1. The van der Waals surface area contributed by atoms with Crippen LogP contribution < -0.4 is 5.32 Å². The fourth-order valence-electron chi connectivity index (χ4n) is 2.35. The second-order valence-corrected chi connectivity index (χ2v) is 5.34. The van der Waals surface area contributed by atoms with E-state index in [0.29, 0.717) is 16.8 Å². The molecule has 0 radical (unpaired) electrons. The number of halogens is 1. The topological polar surface area (TPSA) is 45.2 Å². The lowest BCUT2D eigenvalue weighted by Gasteiger charge is -2.35. The van der Waals surface area contributed by atoms with E-state index in [4.69, 9.17) is 11.6 Å². The quantitative estimate of drug-likeness (QED) is 0.832. The van der Waals surface area contributed by atoms with Crippen molar-refractivity contribution >= 4 is 17.5 Å². The van der Waals surface area contributed by atoms with Gasteiger partial charge in [0.05, 0.1) is 0 Å². The van der Waals surface area contributed by atoms with Gasteiger partial charge in [0.2, 0.25) is 0 Å². The number of likely N-dealkylation sites (tertiary alicyclic amines) is 1. The van der Waals surface area contributed by atoms with Gasteiger partial charge < -0.3 is 10.2 Å². The summed E-state index contributed by atoms with van der Waals surface area (Å²) in [5, 5.41) is 3.39. The van der Waals surface area contributed by atoms with Crippen molar-refractivity contribution in [3.8, 4) is 0 Å². The Balaban J connectivity index is 1.99. The molecule has 1 saturated heterocycles. The van der Waals surface area contributed by atoms with Crippen LogP contribution in [0.1, 0.15) is 23.8 Å². The number of nitrogens with one attached hydrogen (secondary N) is 1. The lowest BCUT2D eigenvalue weighted by molar-refractivity contribution is 0.0879. The molecule has 0 bridgehead atoms. The molecular weight excluding hydrogens is 250 g/mol. The minimum Gasteiger partial charge on any atom is -0.348 e. The normalized spacial score (nSPS) is 24.8. The molecule has 1 amide bonds. The third kappa shape index (κ3) is 3.21. The van der Waals surface area contributed by atoms with E-state index < -0.39 is 0 Å². The summed E-state index contributed by atoms with van der Waals surface area (Å²) >= 11 is 5.78. The zero-order valence-corrected chi connectivity index (χ0v) is 11.4. The molecule has 1 N–H and O–H groups in total. The van der Waals surface area contributed by atoms with Crippen molar-refractivity contribution in [1.29, 1.82) is 0 Å². The van der Waals surface area contributed by atoms with Gasteiger partial charge in [-0.25, -0.2) is 4.98 Å². The highest BCUT2D eigenvalue weighted by atomic mass is 35.5. The average Bonchev–Trinajstić information content (AvgIpc) is 2.32. The summed E-state index contributed by atoms with van der Waals surface area (Å²) in [5.41, 5.74) is 0.383. The van der Waals surface area contributed by atoms with Crippen LogP contribution in [0.2, 0.25) is 5.15 Å². The Kier molecular flexibility index (Phi) is 4.19. The molecule has 1 fully saturated rings. The number of piperidine rings is 1. The van der Waals surface area contributed by atoms with E-state index in [0.717, 1.165) is 19.5 Å². The SMILES string of the molecule is CC1CN(C)CCC1NC(=O)c1cccc(Cl)n1. The van der Waals surface area contributed by atoms with Gasteiger partial charge in [0.25, 0.3) is 5.91 Å². The Morgan fingerprint density at radius 2 is 2.33 bits per heavy atom. The van der Waals surface area contributed by atoms with E-state index >= 15 is 0 Å². The molecule has 98 valence electrons. The Hall–Kier alpha value is -1.13. The van der Waals surface area contributed by atoms with Crippen LogP contribution >= 0.6 is 11.6 Å². The highest BCUT2D eigenvalue weighted by Crippen LogP contribution is 2.16. The third-order valence-corrected chi connectivity index (χ3v) is 3.58. The molecular formula is C13H18ClN3O. The molecule has 1 aromatic rings. The first kappa shape index (κ1) is 13.3. The van der Waals surface area contributed by atoms with Crippen LogP contribution in [-0.4, -0.2) is 42.0 Å². The lowest BCUT2D eigenvalue weighted by atomic mass is 9.94. The van der Waals surface area contributed by atoms with Crippen LogP contribution in [-0.2, 0) is 0 Å². The van der Waals surface area contributed by atoms with E-state index in [-0.39, 0.29) is 11.9 Å². The van der Waals surface area contributed by atoms with E-state index in [1.54, 1.807) is 18.2 Å². The molecule has 1 aliphatic rings. The van der Waals surface area contributed by atoms with Crippen LogP contribution in [0.4, 0.5) is 0 Å². The van der Waals surface area contributed by atoms with Crippen LogP contribution in [0.3, 0.4) is 0 Å². The summed E-state index contributed by atoms with van der Waals surface area (Å²) in [7, 11) is 2.10. The number of carbonyl (C=O) groups excluding carboxylic acids is 1. The number of nitrogens with zero attached hydrogens (tertiary/aromatic N) is 2. The van der Waals surface area contributed by atoms with E-state index in [2.05, 4.69) is 29.2 Å². The summed E-state index contributed by atoms with van der Waals surface area (Å²) in [6, 6.07) is 5.30. The first-order valence-corrected chi connectivity index (χ1v) is 6.56. The van der Waals surface area contributed by atoms with Crippen molar-refractivity contribution in [3.63, 3.8) is 0 Å². The van der Waals surface area contributed by atoms with Gasteiger partial charge in [-0.05, 0) is 38.1 Å². The molecule has 1 aromatic heterocycles. The third-order valence-electron chi connectivity index (χ3n) is 3.37. The van der Waals surface area contributed by atoms with Gasteiger partial charge in [0, 0.05) is 12.6 Å². The van der Waals surface area contributed by atoms with E-state index in [1.165, 1.54) is 0 Å². The molecule has 0 saturated carbocycles. The van der Waals surface area contributed by atoms with Crippen molar-refractivity contribution in [2.75, 3.05) is 20.1 Å². The molecule has 0 aliphatic carbocycles. The summed E-state index contributed by atoms with van der Waals surface area (Å²) in [6.45, 7) is 4.18. The van der Waals surface area contributed by atoms with Crippen molar-refractivity contribution in [1.82, 2.24) is 15.2 Å². The number of hydrogen-bond acceptors (Lipinski definition) is 3. The maximum atomic E-state index is 12.0. The molecule has 2 rings (SSSR count). The Morgan fingerprint density at radius 1 is 1.56 bits per heavy atom. The lowest BCUT2D eigenvalue weighted by Crippen LogP contribution is -2.49. The zero-order chi connectivity index (χ0) is 13.1. The van der Waals surface area contributed by atoms with Crippen LogP contribution in [0.5, 0.6) is 0 Å². The highest BCUT2D eigenvalue weighted by molar-refractivity contribution is 6.29. The molecule has 0 spiro atoms. The Bertz CT molecular complexity index is 438. The van der Waals surface area contributed by atoms with E-state index in [9.17, 15) is 4.79 Å². The summed E-state index contributed by atoms with van der Waals surface area (Å²) in [5.74, 6) is 0.311. The maximum Gasteiger partial charge on any atom is 0.270 e. The van der Waals surface area contributed by atoms with Gasteiger partial charge in [-0.2, -0.15) is 0 Å². The molecule has 2 atom stereocenters. The minimum atomic E-state index is -0.140. The molecule has 5 heteroatoms. The fraction of sp³-hybridized carbons (Fsp3) is 0.538. The minimum absolute atomic E-state index is 0.140. The predicted molar refractivity (Wildman–Crippen MR) is 71.8 cm³/mol. The maximum absolute atomic E-state index is 12.0. The van der Waals surface area contributed by atoms with Crippen LogP contribution in [0, 0.1) is 5.92 Å². The number of amides is 1. The fourth-order valence-corrected chi connectivity index (χ4v) is 2.51. The van der Waals surface area contributed by atoms with Gasteiger partial charge in [0.1, 0.15) is 10.8 Å². The molecule has 1 aliphatic heterocycles. The summed E-state index contributed by atoms with van der Waals surface area (Å²) in [4.78, 5) is 18.4. The smallest absolute Gasteiger partial charge is 0.270 e. The number of carbonyl (C=O) groups is 1. The number of pyridine rings is 1. The Labute approximate surface area is 112 Å². The first-order valence-electron chi connectivity index (χ1n) is 6.18. The van der Waals surface area contributed by atoms with Crippen molar-refractivity contribution in [2.24, 2.45) is 5.92 Å². The first-order chi connectivity index (χ1) is 8.56. The Morgan fingerprint density at radius 3 is 3.00 bits per heavy atom. The number of rotatable bonds is 2. The summed E-state index contributed by atoms with van der Waals surface area (Å²) < 4.78 is 0. The largest absolute Gasteiger partial charge is 0.348 e. The van der Waals surface area contributed by atoms with Gasteiger partial charge in [-0.1, -0.05) is 24.6 Å². The van der Waals surface area contributed by atoms with Crippen molar-refractivity contribution in [2.45, 2.75) is 19.4 Å². The van der Waals surface area contributed by atoms with E-state index in [1.807, 2.05) is 0 Å². The molecule has 0 aromatic carbocycles. The van der Waals surface area contributed by atoms with Crippen molar-refractivity contribution < 1.29 is 4.79 Å². The second-order valence-electron chi connectivity index (χ2n) is 4.95. The van der Waals surface area contributed by atoms with Crippen LogP contribution in [0.25, 0.3) is 0 Å². The van der Waals surface area contributed by atoms with Gasteiger partial charge >= 0.3 is 0 Å². The van der Waals surface area contributed by atoms with Gasteiger partial charge in [-0.3, -0.25) is 4.79 Å². The number of hydrogen-bond donors (Lipinski definition) is 1. The zero-order valence-electron chi connectivity index (χ0n) is 10.7. The molecule has 18 heavy (non-hydrogen) atoms. The van der Waals surface area contributed by atoms with Crippen molar-refractivity contribution in [3.05, 3.63) is 29.0 Å². The average molecular weight is 268 g/mol. The summed E-state index contributed by atoms with van der Waals surface area (Å²) in [6.07, 6.45) is 0.976. The molecule has 2 heterocycles. The highest BCUT2D eigenvalue weighted by Gasteiger charge is 2.26. The van der Waals surface area contributed by atoms with Crippen LogP contribution in [0.15, 0.2) is 18.2 Å².